The van der Waals surface area contributed by atoms with Crippen molar-refractivity contribution < 1.29 is 44.3 Å². The number of aromatic amines is 1. The maximum absolute atomic E-state index is 13.5. The van der Waals surface area contributed by atoms with E-state index in [4.69, 9.17) is 5.73 Å². The third-order valence-corrected chi connectivity index (χ3v) is 7.13. The average Bonchev–Trinajstić information content (AvgIpc) is 3.02. The first-order chi connectivity index (χ1) is 23.1. The normalized spacial score (nSPS) is 11.8. The SMILES string of the molecule is COC(=O)c1cc(-n2ccccc2=O)c(C(F)(F)F)cc1N.CS(=O)(=O)Nn1c(=O)[nH]c2cc(C(F)(F)F)c(-n3ccccc3=O)cc2c1=O. The van der Waals surface area contributed by atoms with Crippen LogP contribution in [-0.2, 0) is 27.1 Å². The number of nitrogen functional groups attached to an aromatic ring is 1. The number of carbonyl (C=O) groups excluding carboxylic acids is 1. The summed E-state index contributed by atoms with van der Waals surface area (Å²) in [6, 6.07) is 10.4. The van der Waals surface area contributed by atoms with Crippen molar-refractivity contribution in [3.8, 4) is 11.4 Å². The number of nitrogens with one attached hydrogen (secondary N) is 2. The monoisotopic (exact) mass is 728 g/mol. The number of hydrogen-bond acceptors (Lipinski definition) is 9. The third-order valence-electron chi connectivity index (χ3n) is 6.62. The van der Waals surface area contributed by atoms with E-state index in [1.54, 1.807) is 4.83 Å². The number of methoxy groups -OCH3 is 1. The number of aromatic nitrogens is 4. The molecule has 50 heavy (non-hydrogen) atoms. The highest BCUT2D eigenvalue weighted by Crippen LogP contribution is 2.37. The van der Waals surface area contributed by atoms with Crippen LogP contribution in [0, 0.1) is 0 Å². The summed E-state index contributed by atoms with van der Waals surface area (Å²) in [5, 5.41) is -0.436. The van der Waals surface area contributed by atoms with Crippen molar-refractivity contribution in [2.24, 2.45) is 0 Å². The zero-order valence-electron chi connectivity index (χ0n) is 25.3. The maximum atomic E-state index is 13.5. The zero-order chi connectivity index (χ0) is 37.3. The van der Waals surface area contributed by atoms with Gasteiger partial charge < -0.3 is 15.5 Å². The molecular weight excluding hydrogens is 706 g/mol. The molecule has 0 atom stereocenters. The van der Waals surface area contributed by atoms with Gasteiger partial charge in [-0.25, -0.2) is 22.8 Å². The number of fused-ring (bicyclic) bond motifs is 1. The molecule has 5 aromatic rings. The van der Waals surface area contributed by atoms with Crippen LogP contribution >= 0.6 is 0 Å². The fourth-order valence-corrected chi connectivity index (χ4v) is 5.00. The van der Waals surface area contributed by atoms with Crippen LogP contribution in [-0.4, -0.2) is 46.5 Å². The third kappa shape index (κ3) is 7.77. The summed E-state index contributed by atoms with van der Waals surface area (Å²) in [6.07, 6.45) is -6.71. The van der Waals surface area contributed by atoms with Crippen molar-refractivity contribution >= 4 is 32.6 Å². The fourth-order valence-electron chi connectivity index (χ4n) is 4.50. The standard InChI is InChI=1S/C15H11F3N4O5S.C14H11F3N2O3/c1-28(26,27)20-22-13(24)8-6-11(21-5-3-2-4-12(21)23)9(15(16,17)18)7-10(8)19-14(22)25;1-22-13(21)8-6-11(19-5-3-2-4-12(19)20)9(7-10(8)18)14(15,16)17/h2-7,20H,1H3,(H,19,25);2-7H,18H2,1H3. The summed E-state index contributed by atoms with van der Waals surface area (Å²) in [4.78, 5) is 63.5. The van der Waals surface area contributed by atoms with Gasteiger partial charge in [-0.15, -0.1) is 0 Å². The van der Waals surface area contributed by atoms with Gasteiger partial charge in [0.1, 0.15) is 0 Å². The first kappa shape index (κ1) is 36.7. The van der Waals surface area contributed by atoms with Crippen molar-refractivity contribution in [1.29, 1.82) is 0 Å². The molecule has 0 aliphatic heterocycles. The van der Waals surface area contributed by atoms with E-state index in [1.165, 1.54) is 30.5 Å². The lowest BCUT2D eigenvalue weighted by molar-refractivity contribution is -0.138. The number of benzene rings is 2. The molecule has 5 rings (SSSR count). The Balaban J connectivity index is 0.000000232. The molecule has 0 fully saturated rings. The largest absolute Gasteiger partial charge is 0.465 e. The van der Waals surface area contributed by atoms with Crippen molar-refractivity contribution in [3.05, 3.63) is 131 Å². The summed E-state index contributed by atoms with van der Waals surface area (Å²) < 4.78 is 109. The highest BCUT2D eigenvalue weighted by molar-refractivity contribution is 7.91. The number of carbonyl (C=O) groups is 1. The molecule has 0 spiro atoms. The maximum Gasteiger partial charge on any atom is 0.418 e. The number of pyridine rings is 2. The van der Waals surface area contributed by atoms with E-state index in [2.05, 4.69) is 4.74 Å². The number of nitrogens with zero attached hydrogens (tertiary/aromatic N) is 3. The van der Waals surface area contributed by atoms with Crippen LogP contribution in [0.4, 0.5) is 32.0 Å². The molecule has 14 nitrogen and oxygen atoms in total. The molecule has 3 aromatic heterocycles. The lowest BCUT2D eigenvalue weighted by Crippen LogP contribution is -2.43. The molecule has 0 radical (unpaired) electrons. The summed E-state index contributed by atoms with van der Waals surface area (Å²) >= 11 is 0. The van der Waals surface area contributed by atoms with Crippen molar-refractivity contribution in [2.75, 3.05) is 23.9 Å². The number of hydrogen-bond donors (Lipinski definition) is 3. The molecule has 3 heterocycles. The van der Waals surface area contributed by atoms with Gasteiger partial charge in [0.25, 0.3) is 16.7 Å². The second-order valence-electron chi connectivity index (χ2n) is 10.1. The minimum atomic E-state index is -4.91. The van der Waals surface area contributed by atoms with Gasteiger partial charge in [0.15, 0.2) is 0 Å². The van der Waals surface area contributed by atoms with Gasteiger partial charge >= 0.3 is 24.0 Å². The lowest BCUT2D eigenvalue weighted by atomic mass is 10.1. The van der Waals surface area contributed by atoms with Gasteiger partial charge in [0.05, 0.1) is 52.3 Å². The van der Waals surface area contributed by atoms with E-state index >= 15 is 0 Å². The number of anilines is 1. The Labute approximate surface area is 274 Å². The number of H-pyrrole nitrogens is 1. The minimum Gasteiger partial charge on any atom is -0.465 e. The molecule has 2 aromatic carbocycles. The van der Waals surface area contributed by atoms with E-state index in [-0.39, 0.29) is 15.9 Å². The van der Waals surface area contributed by atoms with E-state index in [9.17, 15) is 58.7 Å². The molecule has 0 saturated heterocycles. The molecule has 0 amide bonds. The second kappa shape index (κ2) is 13.4. The van der Waals surface area contributed by atoms with Crippen molar-refractivity contribution in [3.63, 3.8) is 0 Å². The molecule has 0 aliphatic carbocycles. The summed E-state index contributed by atoms with van der Waals surface area (Å²) in [6.45, 7) is 0. The van der Waals surface area contributed by atoms with Crippen molar-refractivity contribution in [2.45, 2.75) is 12.4 Å². The Kier molecular flexibility index (Phi) is 9.85. The molecule has 21 heteroatoms. The highest BCUT2D eigenvalue weighted by atomic mass is 32.2. The van der Waals surface area contributed by atoms with Gasteiger partial charge in [-0.2, -0.15) is 31.0 Å². The Bertz CT molecular complexity index is 2480. The van der Waals surface area contributed by atoms with Gasteiger partial charge in [-0.3, -0.25) is 23.5 Å². The first-order valence-electron chi connectivity index (χ1n) is 13.5. The topological polar surface area (TPSA) is 197 Å². The summed E-state index contributed by atoms with van der Waals surface area (Å²) in [5.41, 5.74) is -3.08. The van der Waals surface area contributed by atoms with Crippen molar-refractivity contribution in [1.82, 2.24) is 18.8 Å². The number of alkyl halides is 6. The van der Waals surface area contributed by atoms with E-state index in [1.807, 2.05) is 4.98 Å². The fraction of sp³-hybridized carbons (Fsp3) is 0.138. The number of nitrogens with two attached hydrogens (primary N) is 1. The van der Waals surface area contributed by atoms with Gasteiger partial charge in [0.2, 0.25) is 10.0 Å². The van der Waals surface area contributed by atoms with E-state index in [0.717, 1.165) is 42.1 Å². The number of halogens is 6. The number of rotatable bonds is 5. The summed E-state index contributed by atoms with van der Waals surface area (Å²) in [5.74, 6) is -0.892. The Morgan fingerprint density at radius 2 is 1.32 bits per heavy atom. The van der Waals surface area contributed by atoms with E-state index in [0.29, 0.717) is 23.0 Å². The molecule has 4 N–H and O–H groups in total. The van der Waals surface area contributed by atoms with Crippen LogP contribution in [0.3, 0.4) is 0 Å². The van der Waals surface area contributed by atoms with Gasteiger partial charge in [0, 0.05) is 30.2 Å². The van der Waals surface area contributed by atoms with Crippen LogP contribution in [0.2, 0.25) is 0 Å². The van der Waals surface area contributed by atoms with Crippen LogP contribution in [0.5, 0.6) is 0 Å². The predicted molar refractivity (Wildman–Crippen MR) is 166 cm³/mol. The molecule has 0 aliphatic rings. The molecule has 0 bridgehead atoms. The summed E-state index contributed by atoms with van der Waals surface area (Å²) in [7, 11) is -2.96. The number of sulfonamides is 1. The molecule has 0 unspecified atom stereocenters. The zero-order valence-corrected chi connectivity index (χ0v) is 26.1. The molecular formula is C29H22F6N6O8S. The highest BCUT2D eigenvalue weighted by Gasteiger charge is 2.36. The molecule has 264 valence electrons. The molecule has 0 saturated carbocycles. The lowest BCUT2D eigenvalue weighted by Gasteiger charge is -2.17. The van der Waals surface area contributed by atoms with Gasteiger partial charge in [-0.05, 0) is 36.4 Å². The Hall–Kier alpha value is -6.12. The quantitative estimate of drug-likeness (QED) is 0.138. The number of esters is 1. The van der Waals surface area contributed by atoms with Gasteiger partial charge in [-0.1, -0.05) is 12.1 Å². The Morgan fingerprint density at radius 1 is 0.820 bits per heavy atom. The second-order valence-corrected chi connectivity index (χ2v) is 11.8. The van der Waals surface area contributed by atoms with E-state index < -0.39 is 84.1 Å². The minimum absolute atomic E-state index is 0.114. The first-order valence-corrected chi connectivity index (χ1v) is 15.4. The average molecular weight is 729 g/mol. The Morgan fingerprint density at radius 3 is 1.78 bits per heavy atom. The number of ether oxygens (including phenoxy) is 1. The smallest absolute Gasteiger partial charge is 0.418 e. The predicted octanol–water partition coefficient (Wildman–Crippen LogP) is 2.59. The van der Waals surface area contributed by atoms with Crippen LogP contribution in [0.15, 0.2) is 92.2 Å². The van der Waals surface area contributed by atoms with Crippen LogP contribution in [0.1, 0.15) is 21.5 Å². The van der Waals surface area contributed by atoms with Crippen LogP contribution in [0.25, 0.3) is 22.3 Å². The van der Waals surface area contributed by atoms with Crippen LogP contribution < -0.4 is 32.9 Å².